The van der Waals surface area contributed by atoms with Crippen LogP contribution < -0.4 is 14.8 Å². The maximum atomic E-state index is 12.4. The van der Waals surface area contributed by atoms with E-state index in [1.54, 1.807) is 14.2 Å². The number of benzene rings is 2. The monoisotopic (exact) mass is 353 g/mol. The number of nitrogens with one attached hydrogen (secondary N) is 1. The van der Waals surface area contributed by atoms with Gasteiger partial charge < -0.3 is 14.8 Å². The summed E-state index contributed by atoms with van der Waals surface area (Å²) < 4.78 is 10.6. The molecule has 4 nitrogen and oxygen atoms in total. The standard InChI is InChI=1S/C22H27NO3/c1-25-19-11-10-18(21(14-19)26-2)12-13-23-22(24)15-20(17-8-9-17)16-6-4-3-5-7-16/h3-7,10-11,14,17,20H,8-9,12-13,15H2,1-2H3,(H,23,24). The van der Waals surface area contributed by atoms with Gasteiger partial charge in [-0.15, -0.1) is 0 Å². The third-order valence-corrected chi connectivity index (χ3v) is 5.03. The molecule has 1 N–H and O–H groups in total. The number of carbonyl (C=O) groups is 1. The molecule has 1 unspecified atom stereocenters. The number of amides is 1. The Kier molecular flexibility index (Phi) is 6.16. The molecule has 138 valence electrons. The summed E-state index contributed by atoms with van der Waals surface area (Å²) in [5.74, 6) is 2.68. The second kappa shape index (κ2) is 8.75. The Hall–Kier alpha value is -2.49. The molecular formula is C22H27NO3. The fourth-order valence-electron chi connectivity index (χ4n) is 3.42. The van der Waals surface area contributed by atoms with Gasteiger partial charge in [-0.1, -0.05) is 36.4 Å². The van der Waals surface area contributed by atoms with Crippen LogP contribution in [0.2, 0.25) is 0 Å². The van der Waals surface area contributed by atoms with Gasteiger partial charge in [-0.05, 0) is 48.3 Å². The van der Waals surface area contributed by atoms with Crippen LogP contribution in [-0.4, -0.2) is 26.7 Å². The molecule has 0 saturated heterocycles. The van der Waals surface area contributed by atoms with Crippen molar-refractivity contribution in [1.82, 2.24) is 5.32 Å². The Morgan fingerprint density at radius 1 is 1.12 bits per heavy atom. The van der Waals surface area contributed by atoms with Crippen molar-refractivity contribution in [3.8, 4) is 11.5 Å². The van der Waals surface area contributed by atoms with E-state index in [0.29, 0.717) is 24.8 Å². The molecule has 1 saturated carbocycles. The molecule has 0 aromatic heterocycles. The summed E-state index contributed by atoms with van der Waals surface area (Å²) in [6, 6.07) is 16.2. The minimum absolute atomic E-state index is 0.123. The molecule has 1 aliphatic carbocycles. The van der Waals surface area contributed by atoms with Gasteiger partial charge in [0.05, 0.1) is 14.2 Å². The topological polar surface area (TPSA) is 47.6 Å². The first kappa shape index (κ1) is 18.3. The highest BCUT2D eigenvalue weighted by atomic mass is 16.5. The molecule has 0 radical (unpaired) electrons. The first-order valence-corrected chi connectivity index (χ1v) is 9.24. The van der Waals surface area contributed by atoms with Crippen molar-refractivity contribution in [3.63, 3.8) is 0 Å². The molecule has 1 atom stereocenters. The van der Waals surface area contributed by atoms with Crippen LogP contribution in [0.4, 0.5) is 0 Å². The Morgan fingerprint density at radius 2 is 1.88 bits per heavy atom. The van der Waals surface area contributed by atoms with Gasteiger partial charge in [0.1, 0.15) is 11.5 Å². The molecule has 0 aliphatic heterocycles. The number of methoxy groups -OCH3 is 2. The summed E-state index contributed by atoms with van der Waals surface area (Å²) in [6.45, 7) is 0.605. The van der Waals surface area contributed by atoms with Crippen LogP contribution in [0.5, 0.6) is 11.5 Å². The summed E-state index contributed by atoms with van der Waals surface area (Å²) in [6.07, 6.45) is 3.76. The number of hydrogen-bond acceptors (Lipinski definition) is 3. The molecule has 1 aliphatic rings. The summed E-state index contributed by atoms with van der Waals surface area (Å²) in [4.78, 5) is 12.4. The van der Waals surface area contributed by atoms with Crippen molar-refractivity contribution < 1.29 is 14.3 Å². The van der Waals surface area contributed by atoms with Crippen LogP contribution in [0.1, 0.15) is 36.3 Å². The quantitative estimate of drug-likeness (QED) is 0.743. The lowest BCUT2D eigenvalue weighted by molar-refractivity contribution is -0.121. The van der Waals surface area contributed by atoms with E-state index in [0.717, 1.165) is 23.5 Å². The van der Waals surface area contributed by atoms with Gasteiger partial charge >= 0.3 is 0 Å². The number of carbonyl (C=O) groups excluding carboxylic acids is 1. The maximum absolute atomic E-state index is 12.4. The molecule has 1 amide bonds. The van der Waals surface area contributed by atoms with Gasteiger partial charge in [-0.2, -0.15) is 0 Å². The second-order valence-electron chi connectivity index (χ2n) is 6.84. The van der Waals surface area contributed by atoms with Gasteiger partial charge in [0.2, 0.25) is 5.91 Å². The number of hydrogen-bond donors (Lipinski definition) is 1. The van der Waals surface area contributed by atoms with Crippen molar-refractivity contribution in [1.29, 1.82) is 0 Å². The van der Waals surface area contributed by atoms with E-state index in [2.05, 4.69) is 29.6 Å². The van der Waals surface area contributed by atoms with E-state index >= 15 is 0 Å². The maximum Gasteiger partial charge on any atom is 0.220 e. The Balaban J connectivity index is 1.52. The lowest BCUT2D eigenvalue weighted by Crippen LogP contribution is -2.27. The Morgan fingerprint density at radius 3 is 2.54 bits per heavy atom. The molecule has 0 heterocycles. The molecule has 3 rings (SSSR count). The summed E-state index contributed by atoms with van der Waals surface area (Å²) >= 11 is 0. The summed E-state index contributed by atoms with van der Waals surface area (Å²) in [5.41, 5.74) is 2.34. The van der Waals surface area contributed by atoms with Crippen molar-refractivity contribution in [2.24, 2.45) is 5.92 Å². The molecule has 0 spiro atoms. The van der Waals surface area contributed by atoms with Crippen LogP contribution in [0.25, 0.3) is 0 Å². The average Bonchev–Trinajstić information content (AvgIpc) is 3.52. The summed E-state index contributed by atoms with van der Waals surface area (Å²) in [7, 11) is 3.29. The van der Waals surface area contributed by atoms with Crippen LogP contribution >= 0.6 is 0 Å². The molecular weight excluding hydrogens is 326 g/mol. The van der Waals surface area contributed by atoms with Crippen molar-refractivity contribution in [2.45, 2.75) is 31.6 Å². The third-order valence-electron chi connectivity index (χ3n) is 5.03. The van der Waals surface area contributed by atoms with E-state index in [1.165, 1.54) is 18.4 Å². The third kappa shape index (κ3) is 4.78. The van der Waals surface area contributed by atoms with Gasteiger partial charge in [-0.25, -0.2) is 0 Å². The molecule has 26 heavy (non-hydrogen) atoms. The normalized spacial score (nSPS) is 14.5. The van der Waals surface area contributed by atoms with Crippen molar-refractivity contribution in [3.05, 3.63) is 59.7 Å². The Bertz CT molecular complexity index is 725. The van der Waals surface area contributed by atoms with Gasteiger partial charge in [0.25, 0.3) is 0 Å². The fourth-order valence-corrected chi connectivity index (χ4v) is 3.42. The van der Waals surface area contributed by atoms with E-state index in [1.807, 2.05) is 24.3 Å². The first-order valence-electron chi connectivity index (χ1n) is 9.24. The fraction of sp³-hybridized carbons (Fsp3) is 0.409. The summed E-state index contributed by atoms with van der Waals surface area (Å²) in [5, 5.41) is 3.07. The van der Waals surface area contributed by atoms with Crippen LogP contribution in [-0.2, 0) is 11.2 Å². The number of rotatable bonds is 9. The smallest absolute Gasteiger partial charge is 0.220 e. The van der Waals surface area contributed by atoms with Crippen molar-refractivity contribution in [2.75, 3.05) is 20.8 Å². The molecule has 4 heteroatoms. The lowest BCUT2D eigenvalue weighted by Gasteiger charge is -2.17. The molecule has 2 aromatic rings. The Labute approximate surface area is 155 Å². The largest absolute Gasteiger partial charge is 0.497 e. The van der Waals surface area contributed by atoms with E-state index in [9.17, 15) is 4.79 Å². The first-order chi connectivity index (χ1) is 12.7. The molecule has 2 aromatic carbocycles. The predicted molar refractivity (Wildman–Crippen MR) is 103 cm³/mol. The zero-order valence-electron chi connectivity index (χ0n) is 15.5. The van der Waals surface area contributed by atoms with Gasteiger partial charge in [0, 0.05) is 19.0 Å². The van der Waals surface area contributed by atoms with Gasteiger partial charge in [-0.3, -0.25) is 4.79 Å². The van der Waals surface area contributed by atoms with Crippen LogP contribution in [0.3, 0.4) is 0 Å². The van der Waals surface area contributed by atoms with Crippen LogP contribution in [0, 0.1) is 5.92 Å². The molecule has 1 fully saturated rings. The van der Waals surface area contributed by atoms with E-state index in [-0.39, 0.29) is 5.91 Å². The lowest BCUT2D eigenvalue weighted by atomic mass is 9.91. The highest BCUT2D eigenvalue weighted by Crippen LogP contribution is 2.44. The SMILES string of the molecule is COc1ccc(CCNC(=O)CC(c2ccccc2)C2CC2)c(OC)c1. The zero-order valence-corrected chi connectivity index (χ0v) is 15.5. The highest BCUT2D eigenvalue weighted by Gasteiger charge is 2.33. The predicted octanol–water partition coefficient (Wildman–Crippen LogP) is 3.95. The number of ether oxygens (including phenoxy) is 2. The minimum atomic E-state index is 0.123. The minimum Gasteiger partial charge on any atom is -0.497 e. The average molecular weight is 353 g/mol. The van der Waals surface area contributed by atoms with Crippen molar-refractivity contribution >= 4 is 5.91 Å². The van der Waals surface area contributed by atoms with Crippen LogP contribution in [0.15, 0.2) is 48.5 Å². The highest BCUT2D eigenvalue weighted by molar-refractivity contribution is 5.77. The van der Waals surface area contributed by atoms with Gasteiger partial charge in [0.15, 0.2) is 0 Å². The molecule has 0 bridgehead atoms. The van der Waals surface area contributed by atoms with E-state index < -0.39 is 0 Å². The zero-order chi connectivity index (χ0) is 18.4. The second-order valence-corrected chi connectivity index (χ2v) is 6.84. The van der Waals surface area contributed by atoms with E-state index in [4.69, 9.17) is 9.47 Å².